The minimum Gasteiger partial charge on any atom is -0.381 e. The standard InChI is InChI=1S/C11H11BrClN3/c1-7-2-3-8(10(13)4-7)5-16-6-9(12)11(14)15-16/h2-4,6H,5H2,1H3,(H2,14,15). The molecule has 1 heterocycles. The Morgan fingerprint density at radius 3 is 2.81 bits per heavy atom. The number of hydrogen-bond donors (Lipinski definition) is 1. The fourth-order valence-corrected chi connectivity index (χ4v) is 2.06. The number of nitrogen functional groups attached to an aromatic ring is 1. The first-order valence-electron chi connectivity index (χ1n) is 4.79. The highest BCUT2D eigenvalue weighted by Crippen LogP contribution is 2.21. The zero-order valence-corrected chi connectivity index (χ0v) is 11.1. The highest BCUT2D eigenvalue weighted by atomic mass is 79.9. The third kappa shape index (κ3) is 2.39. The number of anilines is 1. The summed E-state index contributed by atoms with van der Waals surface area (Å²) in [5.74, 6) is 0.489. The zero-order valence-electron chi connectivity index (χ0n) is 8.74. The van der Waals surface area contributed by atoms with Crippen molar-refractivity contribution in [1.29, 1.82) is 0 Å². The van der Waals surface area contributed by atoms with Gasteiger partial charge in [0.1, 0.15) is 0 Å². The van der Waals surface area contributed by atoms with Crippen molar-refractivity contribution in [3.05, 3.63) is 45.0 Å². The van der Waals surface area contributed by atoms with Crippen LogP contribution in [0.1, 0.15) is 11.1 Å². The Hall–Kier alpha value is -1.00. The summed E-state index contributed by atoms with van der Waals surface area (Å²) in [6, 6.07) is 5.98. The van der Waals surface area contributed by atoms with Crippen molar-refractivity contribution in [1.82, 2.24) is 9.78 Å². The third-order valence-corrected chi connectivity index (χ3v) is 3.25. The Kier molecular flexibility index (Phi) is 3.21. The van der Waals surface area contributed by atoms with E-state index >= 15 is 0 Å². The molecule has 0 amide bonds. The van der Waals surface area contributed by atoms with E-state index in [0.717, 1.165) is 20.6 Å². The van der Waals surface area contributed by atoms with Gasteiger partial charge in [0.15, 0.2) is 5.82 Å². The summed E-state index contributed by atoms with van der Waals surface area (Å²) in [4.78, 5) is 0. The molecule has 0 aliphatic carbocycles. The molecule has 0 saturated heterocycles. The number of aryl methyl sites for hydroxylation is 1. The highest BCUT2D eigenvalue weighted by molar-refractivity contribution is 9.10. The SMILES string of the molecule is Cc1ccc(Cn2cc(Br)c(N)n2)c(Cl)c1. The molecule has 0 radical (unpaired) electrons. The van der Waals surface area contributed by atoms with Crippen LogP contribution < -0.4 is 5.73 Å². The largest absolute Gasteiger partial charge is 0.381 e. The number of benzene rings is 1. The first-order chi connectivity index (χ1) is 7.56. The normalized spacial score (nSPS) is 10.7. The molecule has 0 spiro atoms. The molecule has 1 aromatic carbocycles. The molecule has 0 unspecified atom stereocenters. The Morgan fingerprint density at radius 1 is 1.50 bits per heavy atom. The Balaban J connectivity index is 2.27. The highest BCUT2D eigenvalue weighted by Gasteiger charge is 2.05. The van der Waals surface area contributed by atoms with E-state index in [1.807, 2.05) is 31.3 Å². The molecule has 1 aromatic heterocycles. The van der Waals surface area contributed by atoms with E-state index in [0.29, 0.717) is 12.4 Å². The lowest BCUT2D eigenvalue weighted by molar-refractivity contribution is 0.690. The lowest BCUT2D eigenvalue weighted by Gasteiger charge is -2.05. The van der Waals surface area contributed by atoms with Crippen molar-refractivity contribution in [2.45, 2.75) is 13.5 Å². The molecule has 0 saturated carbocycles. The van der Waals surface area contributed by atoms with Gasteiger partial charge in [-0.15, -0.1) is 0 Å². The number of hydrogen-bond acceptors (Lipinski definition) is 2. The molecule has 0 aliphatic rings. The molecular formula is C11H11BrClN3. The molecule has 0 bridgehead atoms. The van der Waals surface area contributed by atoms with Crippen molar-refractivity contribution >= 4 is 33.3 Å². The van der Waals surface area contributed by atoms with E-state index in [2.05, 4.69) is 21.0 Å². The average Bonchev–Trinajstić information content (AvgIpc) is 2.51. The maximum Gasteiger partial charge on any atom is 0.159 e. The molecule has 84 valence electrons. The van der Waals surface area contributed by atoms with Gasteiger partial charge in [-0.2, -0.15) is 5.10 Å². The van der Waals surface area contributed by atoms with E-state index in [1.165, 1.54) is 0 Å². The van der Waals surface area contributed by atoms with Crippen LogP contribution in [-0.2, 0) is 6.54 Å². The molecule has 3 nitrogen and oxygen atoms in total. The number of halogens is 2. The van der Waals surface area contributed by atoms with E-state index < -0.39 is 0 Å². The lowest BCUT2D eigenvalue weighted by atomic mass is 10.1. The fourth-order valence-electron chi connectivity index (χ4n) is 1.45. The summed E-state index contributed by atoms with van der Waals surface area (Å²) < 4.78 is 2.56. The van der Waals surface area contributed by atoms with Crippen molar-refractivity contribution in [3.8, 4) is 0 Å². The fraction of sp³-hybridized carbons (Fsp3) is 0.182. The van der Waals surface area contributed by atoms with E-state index in [1.54, 1.807) is 4.68 Å². The van der Waals surface area contributed by atoms with Crippen molar-refractivity contribution in [2.75, 3.05) is 5.73 Å². The number of nitrogens with zero attached hydrogens (tertiary/aromatic N) is 2. The molecule has 5 heteroatoms. The maximum atomic E-state index is 6.14. The van der Waals surface area contributed by atoms with Gasteiger partial charge in [0.2, 0.25) is 0 Å². The van der Waals surface area contributed by atoms with Gasteiger partial charge in [0.25, 0.3) is 0 Å². The van der Waals surface area contributed by atoms with Crippen LogP contribution in [0.4, 0.5) is 5.82 Å². The third-order valence-electron chi connectivity index (χ3n) is 2.28. The Morgan fingerprint density at radius 2 is 2.25 bits per heavy atom. The summed E-state index contributed by atoms with van der Waals surface area (Å²) >= 11 is 9.46. The van der Waals surface area contributed by atoms with Gasteiger partial charge in [-0.1, -0.05) is 23.7 Å². The number of rotatable bonds is 2. The van der Waals surface area contributed by atoms with E-state index in [9.17, 15) is 0 Å². The second kappa shape index (κ2) is 4.47. The molecule has 0 fully saturated rings. The maximum absolute atomic E-state index is 6.14. The first-order valence-corrected chi connectivity index (χ1v) is 5.97. The van der Waals surface area contributed by atoms with Gasteiger partial charge in [-0.25, -0.2) is 0 Å². The molecule has 2 rings (SSSR count). The topological polar surface area (TPSA) is 43.8 Å². The minimum absolute atomic E-state index is 0.489. The number of nitrogens with two attached hydrogens (primary N) is 1. The smallest absolute Gasteiger partial charge is 0.159 e. The van der Waals surface area contributed by atoms with Crippen LogP contribution in [0.25, 0.3) is 0 Å². The average molecular weight is 301 g/mol. The summed E-state index contributed by atoms with van der Waals surface area (Å²) in [7, 11) is 0. The van der Waals surface area contributed by atoms with Crippen LogP contribution >= 0.6 is 27.5 Å². The summed E-state index contributed by atoms with van der Waals surface area (Å²) in [6.45, 7) is 2.63. The molecule has 2 N–H and O–H groups in total. The van der Waals surface area contributed by atoms with Crippen LogP contribution in [0, 0.1) is 6.92 Å². The quantitative estimate of drug-likeness (QED) is 0.925. The zero-order chi connectivity index (χ0) is 11.7. The van der Waals surface area contributed by atoms with Gasteiger partial charge in [-0.05, 0) is 40.0 Å². The Bertz CT molecular complexity index is 502. The van der Waals surface area contributed by atoms with E-state index in [4.69, 9.17) is 17.3 Å². The summed E-state index contributed by atoms with van der Waals surface area (Å²) in [6.07, 6.45) is 1.84. The van der Waals surface area contributed by atoms with Crippen molar-refractivity contribution < 1.29 is 0 Å². The van der Waals surface area contributed by atoms with Gasteiger partial charge >= 0.3 is 0 Å². The predicted molar refractivity (Wildman–Crippen MR) is 69.6 cm³/mol. The second-order valence-electron chi connectivity index (χ2n) is 3.65. The monoisotopic (exact) mass is 299 g/mol. The van der Waals surface area contributed by atoms with Crippen LogP contribution in [-0.4, -0.2) is 9.78 Å². The van der Waals surface area contributed by atoms with Crippen molar-refractivity contribution in [3.63, 3.8) is 0 Å². The van der Waals surface area contributed by atoms with Crippen LogP contribution in [0.15, 0.2) is 28.9 Å². The molecule has 0 atom stereocenters. The molecular weight excluding hydrogens is 289 g/mol. The van der Waals surface area contributed by atoms with Gasteiger partial charge in [0.05, 0.1) is 11.0 Å². The molecule has 16 heavy (non-hydrogen) atoms. The van der Waals surface area contributed by atoms with Crippen LogP contribution in [0.3, 0.4) is 0 Å². The molecule has 2 aromatic rings. The van der Waals surface area contributed by atoms with Crippen LogP contribution in [0.5, 0.6) is 0 Å². The first kappa shape index (κ1) is 11.5. The van der Waals surface area contributed by atoms with Gasteiger partial charge < -0.3 is 5.73 Å². The summed E-state index contributed by atoms with van der Waals surface area (Å²) in [5, 5.41) is 4.91. The van der Waals surface area contributed by atoms with Gasteiger partial charge in [-0.3, -0.25) is 4.68 Å². The predicted octanol–water partition coefficient (Wildman–Crippen LogP) is 3.24. The molecule has 0 aliphatic heterocycles. The minimum atomic E-state index is 0.489. The van der Waals surface area contributed by atoms with Gasteiger partial charge in [0, 0.05) is 11.2 Å². The summed E-state index contributed by atoms with van der Waals surface area (Å²) in [5.41, 5.74) is 7.82. The Labute approximate surface area is 107 Å². The van der Waals surface area contributed by atoms with Crippen LogP contribution in [0.2, 0.25) is 5.02 Å². The van der Waals surface area contributed by atoms with Crippen molar-refractivity contribution in [2.24, 2.45) is 0 Å². The lowest BCUT2D eigenvalue weighted by Crippen LogP contribution is -2.01. The van der Waals surface area contributed by atoms with E-state index in [-0.39, 0.29) is 0 Å². The number of aromatic nitrogens is 2. The second-order valence-corrected chi connectivity index (χ2v) is 4.92.